The molecule has 0 radical (unpaired) electrons. The predicted molar refractivity (Wildman–Crippen MR) is 48.5 cm³/mol. The van der Waals surface area contributed by atoms with Gasteiger partial charge in [0.25, 0.3) is 0 Å². The first-order valence-corrected chi connectivity index (χ1v) is 3.63. The molecule has 0 aliphatic carbocycles. The summed E-state index contributed by atoms with van der Waals surface area (Å²) in [6, 6.07) is 5.30. The van der Waals surface area contributed by atoms with Crippen molar-refractivity contribution in [2.45, 2.75) is 0 Å². The van der Waals surface area contributed by atoms with Crippen LogP contribution in [0.15, 0.2) is 18.2 Å². The third kappa shape index (κ3) is 1.92. The van der Waals surface area contributed by atoms with E-state index in [1.54, 1.807) is 32.4 Å². The standard InChI is InChI=1S/C8H11BO3/c1-11-7-3-6(9-10)4-8(5-7)12-2/h3-5,9-10H,1-2H3. The minimum atomic E-state index is -0.00639. The first-order chi connectivity index (χ1) is 5.80. The lowest BCUT2D eigenvalue weighted by molar-refractivity contribution is 0.395. The third-order valence-corrected chi connectivity index (χ3v) is 1.59. The molecule has 0 aliphatic rings. The van der Waals surface area contributed by atoms with Crippen LogP contribution in [0.3, 0.4) is 0 Å². The number of methoxy groups -OCH3 is 2. The summed E-state index contributed by atoms with van der Waals surface area (Å²) in [6.07, 6.45) is 0. The van der Waals surface area contributed by atoms with Gasteiger partial charge in [-0.05, 0) is 17.6 Å². The lowest BCUT2D eigenvalue weighted by atomic mass is 9.88. The van der Waals surface area contributed by atoms with Gasteiger partial charge in [-0.3, -0.25) is 0 Å². The molecule has 0 atom stereocenters. The zero-order valence-electron chi connectivity index (χ0n) is 7.20. The summed E-state index contributed by atoms with van der Waals surface area (Å²) in [4.78, 5) is 0. The number of hydrogen-bond acceptors (Lipinski definition) is 3. The Morgan fingerprint density at radius 1 is 1.08 bits per heavy atom. The van der Waals surface area contributed by atoms with Crippen LogP contribution in [0.5, 0.6) is 11.5 Å². The minimum Gasteiger partial charge on any atom is -0.497 e. The largest absolute Gasteiger partial charge is 0.497 e. The van der Waals surface area contributed by atoms with E-state index in [-0.39, 0.29) is 7.48 Å². The number of ether oxygens (including phenoxy) is 2. The second-order valence-corrected chi connectivity index (χ2v) is 2.38. The molecular weight excluding hydrogens is 155 g/mol. The van der Waals surface area contributed by atoms with Crippen LogP contribution in [0.2, 0.25) is 0 Å². The summed E-state index contributed by atoms with van der Waals surface area (Å²) < 4.78 is 10.0. The molecule has 0 bridgehead atoms. The van der Waals surface area contributed by atoms with Gasteiger partial charge in [0.2, 0.25) is 0 Å². The van der Waals surface area contributed by atoms with Gasteiger partial charge in [-0.25, -0.2) is 0 Å². The fraction of sp³-hybridized carbons (Fsp3) is 0.250. The van der Waals surface area contributed by atoms with Crippen molar-refractivity contribution in [2.75, 3.05) is 14.2 Å². The Morgan fingerprint density at radius 2 is 1.58 bits per heavy atom. The second kappa shape index (κ2) is 4.02. The van der Waals surface area contributed by atoms with Crippen molar-refractivity contribution in [2.24, 2.45) is 0 Å². The van der Waals surface area contributed by atoms with E-state index in [1.165, 1.54) is 0 Å². The highest BCUT2D eigenvalue weighted by atomic mass is 16.5. The van der Waals surface area contributed by atoms with Gasteiger partial charge >= 0.3 is 7.48 Å². The normalized spacial score (nSPS) is 9.25. The quantitative estimate of drug-likeness (QED) is 0.625. The summed E-state index contributed by atoms with van der Waals surface area (Å²) in [5.74, 6) is 1.39. The van der Waals surface area contributed by atoms with Gasteiger partial charge in [0.05, 0.1) is 14.2 Å². The highest BCUT2D eigenvalue weighted by Gasteiger charge is 2.00. The Morgan fingerprint density at radius 3 is 1.92 bits per heavy atom. The zero-order valence-corrected chi connectivity index (χ0v) is 7.20. The Balaban J connectivity index is 3.01. The predicted octanol–water partition coefficient (Wildman–Crippen LogP) is -0.327. The van der Waals surface area contributed by atoms with Crippen molar-refractivity contribution in [1.29, 1.82) is 0 Å². The Hall–Kier alpha value is -1.16. The third-order valence-electron chi connectivity index (χ3n) is 1.59. The molecule has 0 aromatic heterocycles. The lowest BCUT2D eigenvalue weighted by Gasteiger charge is -2.05. The van der Waals surface area contributed by atoms with E-state index in [0.717, 1.165) is 5.46 Å². The Bertz CT molecular complexity index is 207. The molecule has 0 unspecified atom stereocenters. The first kappa shape index (κ1) is 8.94. The van der Waals surface area contributed by atoms with Crippen LogP contribution in [0.25, 0.3) is 0 Å². The van der Waals surface area contributed by atoms with E-state index in [9.17, 15) is 0 Å². The Kier molecular flexibility index (Phi) is 2.99. The van der Waals surface area contributed by atoms with Crippen molar-refractivity contribution in [3.8, 4) is 11.5 Å². The maximum absolute atomic E-state index is 8.87. The number of benzene rings is 1. The molecule has 1 N–H and O–H groups in total. The maximum Gasteiger partial charge on any atom is 0.305 e. The topological polar surface area (TPSA) is 38.7 Å². The van der Waals surface area contributed by atoms with Crippen LogP contribution in [-0.2, 0) is 0 Å². The zero-order chi connectivity index (χ0) is 8.97. The summed E-state index contributed by atoms with van der Waals surface area (Å²) in [6.45, 7) is 0. The van der Waals surface area contributed by atoms with Crippen molar-refractivity contribution in [3.05, 3.63) is 18.2 Å². The fourth-order valence-corrected chi connectivity index (χ4v) is 0.958. The average Bonchev–Trinajstić information content (AvgIpc) is 2.16. The molecule has 0 saturated heterocycles. The van der Waals surface area contributed by atoms with E-state index in [2.05, 4.69) is 0 Å². The van der Waals surface area contributed by atoms with Crippen LogP contribution < -0.4 is 14.9 Å². The molecule has 0 saturated carbocycles. The molecule has 0 fully saturated rings. The van der Waals surface area contributed by atoms with Crippen molar-refractivity contribution in [3.63, 3.8) is 0 Å². The van der Waals surface area contributed by atoms with Gasteiger partial charge in [-0.2, -0.15) is 0 Å². The van der Waals surface area contributed by atoms with Gasteiger partial charge in [-0.1, -0.05) is 0 Å². The molecule has 1 aromatic rings. The first-order valence-electron chi connectivity index (χ1n) is 3.63. The summed E-state index contributed by atoms with van der Waals surface area (Å²) in [5, 5.41) is 8.87. The molecule has 0 heterocycles. The van der Waals surface area contributed by atoms with Crippen LogP contribution >= 0.6 is 0 Å². The highest BCUT2D eigenvalue weighted by molar-refractivity contribution is 6.45. The summed E-state index contributed by atoms with van der Waals surface area (Å²) in [5.41, 5.74) is 0.784. The van der Waals surface area contributed by atoms with Gasteiger partial charge < -0.3 is 14.5 Å². The van der Waals surface area contributed by atoms with E-state index < -0.39 is 0 Å². The van der Waals surface area contributed by atoms with Gasteiger partial charge in [0.1, 0.15) is 11.5 Å². The molecule has 0 aliphatic heterocycles. The molecule has 1 aromatic carbocycles. The van der Waals surface area contributed by atoms with Gasteiger partial charge in [0, 0.05) is 6.07 Å². The monoisotopic (exact) mass is 166 g/mol. The summed E-state index contributed by atoms with van der Waals surface area (Å²) in [7, 11) is 3.15. The second-order valence-electron chi connectivity index (χ2n) is 2.38. The molecule has 12 heavy (non-hydrogen) atoms. The van der Waals surface area contributed by atoms with Crippen LogP contribution in [0, 0.1) is 0 Å². The van der Waals surface area contributed by atoms with E-state index in [0.29, 0.717) is 11.5 Å². The molecular formula is C8H11BO3. The van der Waals surface area contributed by atoms with E-state index in [1.807, 2.05) is 0 Å². The maximum atomic E-state index is 8.87. The summed E-state index contributed by atoms with van der Waals surface area (Å²) >= 11 is 0. The SMILES string of the molecule is COc1cc(BO)cc(OC)c1. The van der Waals surface area contributed by atoms with E-state index in [4.69, 9.17) is 14.5 Å². The van der Waals surface area contributed by atoms with Crippen molar-refractivity contribution < 1.29 is 14.5 Å². The molecule has 64 valence electrons. The van der Waals surface area contributed by atoms with Crippen LogP contribution in [0.1, 0.15) is 0 Å². The van der Waals surface area contributed by atoms with Crippen molar-refractivity contribution in [1.82, 2.24) is 0 Å². The molecule has 0 amide bonds. The average molecular weight is 166 g/mol. The van der Waals surface area contributed by atoms with Crippen LogP contribution in [-0.4, -0.2) is 26.7 Å². The Labute approximate surface area is 72.2 Å². The molecule has 4 heteroatoms. The lowest BCUT2D eigenvalue weighted by Crippen LogP contribution is -2.13. The smallest absolute Gasteiger partial charge is 0.305 e. The fourth-order valence-electron chi connectivity index (χ4n) is 0.958. The van der Waals surface area contributed by atoms with Gasteiger partial charge in [-0.15, -0.1) is 0 Å². The highest BCUT2D eigenvalue weighted by Crippen LogP contribution is 2.16. The molecule has 1 rings (SSSR count). The number of hydrogen-bond donors (Lipinski definition) is 1. The van der Waals surface area contributed by atoms with E-state index >= 15 is 0 Å². The molecule has 3 nitrogen and oxygen atoms in total. The number of rotatable bonds is 3. The van der Waals surface area contributed by atoms with Crippen LogP contribution in [0.4, 0.5) is 0 Å². The molecule has 0 spiro atoms. The van der Waals surface area contributed by atoms with Gasteiger partial charge in [0.15, 0.2) is 0 Å². The minimum absolute atomic E-state index is 0.00639. The van der Waals surface area contributed by atoms with Crippen molar-refractivity contribution >= 4 is 12.9 Å².